The van der Waals surface area contributed by atoms with Gasteiger partial charge in [0.05, 0.1) is 6.10 Å². The third-order valence-electron chi connectivity index (χ3n) is 2.37. The highest BCUT2D eigenvalue weighted by atomic mass is 35.5. The summed E-state index contributed by atoms with van der Waals surface area (Å²) in [5.41, 5.74) is 0.608. The van der Waals surface area contributed by atoms with Gasteiger partial charge in [0, 0.05) is 17.1 Å². The van der Waals surface area contributed by atoms with Crippen LogP contribution in [0.5, 0.6) is 0 Å². The zero-order valence-corrected chi connectivity index (χ0v) is 9.92. The highest BCUT2D eigenvalue weighted by Gasteiger charge is 2.21. The Bertz CT molecular complexity index is 373. The summed E-state index contributed by atoms with van der Waals surface area (Å²) < 4.78 is 13.5. The first kappa shape index (κ1) is 13.4. The monoisotopic (exact) mass is 247 g/mol. The number of aryl methyl sites for hydroxylation is 1. The fourth-order valence-corrected chi connectivity index (χ4v) is 1.59. The quantitative estimate of drug-likeness (QED) is 0.754. The summed E-state index contributed by atoms with van der Waals surface area (Å²) in [6, 6.07) is 2.59. The van der Waals surface area contributed by atoms with E-state index in [-0.39, 0.29) is 12.1 Å². The van der Waals surface area contributed by atoms with Crippen molar-refractivity contribution in [2.24, 2.45) is 0 Å². The molecule has 90 valence electrons. The second-order valence-corrected chi connectivity index (χ2v) is 4.10. The molecule has 1 aromatic carbocycles. The summed E-state index contributed by atoms with van der Waals surface area (Å²) in [5.74, 6) is -0.565. The van der Waals surface area contributed by atoms with Gasteiger partial charge in [-0.2, -0.15) is 0 Å². The Morgan fingerprint density at radius 1 is 1.44 bits per heavy atom. The summed E-state index contributed by atoms with van der Waals surface area (Å²) >= 11 is 5.84. The smallest absolute Gasteiger partial charge is 0.129 e. The predicted octanol–water partition coefficient (Wildman–Crippen LogP) is 1.40. The van der Waals surface area contributed by atoms with Gasteiger partial charge in [-0.3, -0.25) is 0 Å². The molecule has 0 aliphatic rings. The maximum Gasteiger partial charge on any atom is 0.129 e. The van der Waals surface area contributed by atoms with Crippen molar-refractivity contribution in [3.63, 3.8) is 0 Å². The average molecular weight is 248 g/mol. The van der Waals surface area contributed by atoms with Gasteiger partial charge in [-0.15, -0.1) is 0 Å². The number of likely N-dealkylation sites (N-methyl/N-ethyl adjacent to an activating group) is 1. The van der Waals surface area contributed by atoms with Crippen molar-refractivity contribution in [1.29, 1.82) is 0 Å². The van der Waals surface area contributed by atoms with E-state index in [0.717, 1.165) is 0 Å². The zero-order chi connectivity index (χ0) is 12.3. The number of nitrogens with one attached hydrogen (secondary N) is 1. The first-order chi connectivity index (χ1) is 7.47. The van der Waals surface area contributed by atoms with E-state index in [9.17, 15) is 14.6 Å². The Kier molecular flexibility index (Phi) is 4.68. The summed E-state index contributed by atoms with van der Waals surface area (Å²) in [7, 11) is 1.63. The maximum atomic E-state index is 13.5. The van der Waals surface area contributed by atoms with Crippen LogP contribution < -0.4 is 5.32 Å². The van der Waals surface area contributed by atoms with Crippen LogP contribution in [-0.4, -0.2) is 29.9 Å². The van der Waals surface area contributed by atoms with E-state index in [4.69, 9.17) is 11.6 Å². The maximum absolute atomic E-state index is 13.5. The third kappa shape index (κ3) is 2.92. The van der Waals surface area contributed by atoms with Gasteiger partial charge in [0.25, 0.3) is 0 Å². The van der Waals surface area contributed by atoms with Crippen LogP contribution in [0.25, 0.3) is 0 Å². The fraction of sp³-hybridized carbons (Fsp3) is 0.455. The highest BCUT2D eigenvalue weighted by molar-refractivity contribution is 6.31. The lowest BCUT2D eigenvalue weighted by Gasteiger charge is -2.19. The summed E-state index contributed by atoms with van der Waals surface area (Å²) in [6.07, 6.45) is -2.36. The van der Waals surface area contributed by atoms with Gasteiger partial charge >= 0.3 is 0 Å². The first-order valence-electron chi connectivity index (χ1n) is 4.93. The third-order valence-corrected chi connectivity index (χ3v) is 2.78. The average Bonchev–Trinajstić information content (AvgIpc) is 2.23. The minimum absolute atomic E-state index is 0.0124. The van der Waals surface area contributed by atoms with E-state index < -0.39 is 18.0 Å². The van der Waals surface area contributed by atoms with E-state index in [0.29, 0.717) is 10.6 Å². The molecule has 0 aliphatic carbocycles. The molecule has 1 rings (SSSR count). The minimum atomic E-state index is -1.29. The molecule has 3 nitrogen and oxygen atoms in total. The number of hydrogen-bond acceptors (Lipinski definition) is 3. The normalized spacial score (nSPS) is 14.9. The molecule has 0 radical (unpaired) electrons. The molecule has 2 atom stereocenters. The molecule has 0 fully saturated rings. The Morgan fingerprint density at radius 3 is 2.62 bits per heavy atom. The number of aliphatic hydroxyl groups is 2. The van der Waals surface area contributed by atoms with Crippen LogP contribution in [0.3, 0.4) is 0 Å². The molecule has 0 aromatic heterocycles. The summed E-state index contributed by atoms with van der Waals surface area (Å²) in [4.78, 5) is 0. The van der Waals surface area contributed by atoms with Gasteiger partial charge in [0.1, 0.15) is 11.9 Å². The van der Waals surface area contributed by atoms with Crippen LogP contribution in [-0.2, 0) is 0 Å². The Labute approximate surface area is 98.9 Å². The van der Waals surface area contributed by atoms with Crippen molar-refractivity contribution in [3.05, 3.63) is 34.1 Å². The molecule has 5 heteroatoms. The lowest BCUT2D eigenvalue weighted by atomic mass is 10.0. The molecule has 16 heavy (non-hydrogen) atoms. The standard InChI is InChI=1S/C11H15ClFNO2/c1-6-3-9(13)7(4-8(6)12)11(16)10(15)5-14-2/h3-4,10-11,14-16H,5H2,1-2H3. The molecule has 3 N–H and O–H groups in total. The Hall–Kier alpha value is -0.680. The van der Waals surface area contributed by atoms with E-state index >= 15 is 0 Å². The number of hydrogen-bond donors (Lipinski definition) is 3. The molecule has 0 aliphatic heterocycles. The van der Waals surface area contributed by atoms with Crippen molar-refractivity contribution in [2.75, 3.05) is 13.6 Å². The summed E-state index contributed by atoms with van der Waals surface area (Å²) in [6.45, 7) is 1.84. The molecule has 1 aromatic rings. The van der Waals surface area contributed by atoms with Gasteiger partial charge in [0.2, 0.25) is 0 Å². The number of benzene rings is 1. The largest absolute Gasteiger partial charge is 0.389 e. The molecule has 0 heterocycles. The van der Waals surface area contributed by atoms with E-state index in [1.165, 1.54) is 12.1 Å². The van der Waals surface area contributed by atoms with Crippen molar-refractivity contribution in [1.82, 2.24) is 5.32 Å². The van der Waals surface area contributed by atoms with Crippen LogP contribution in [0.1, 0.15) is 17.2 Å². The minimum Gasteiger partial charge on any atom is -0.389 e. The van der Waals surface area contributed by atoms with Crippen LogP contribution in [0.2, 0.25) is 5.02 Å². The SMILES string of the molecule is CNCC(O)C(O)c1cc(Cl)c(C)cc1F. The van der Waals surface area contributed by atoms with Crippen molar-refractivity contribution < 1.29 is 14.6 Å². The second-order valence-electron chi connectivity index (χ2n) is 3.69. The second kappa shape index (κ2) is 5.59. The van der Waals surface area contributed by atoms with Gasteiger partial charge < -0.3 is 15.5 Å². The van der Waals surface area contributed by atoms with Gasteiger partial charge in [-0.05, 0) is 31.7 Å². The number of rotatable bonds is 4. The van der Waals surface area contributed by atoms with Crippen molar-refractivity contribution >= 4 is 11.6 Å². The number of aliphatic hydroxyl groups excluding tert-OH is 2. The fourth-order valence-electron chi connectivity index (χ4n) is 1.42. The molecular formula is C11H15ClFNO2. The number of halogens is 2. The molecule has 2 unspecified atom stereocenters. The van der Waals surface area contributed by atoms with Crippen LogP contribution >= 0.6 is 11.6 Å². The van der Waals surface area contributed by atoms with Crippen molar-refractivity contribution in [3.8, 4) is 0 Å². The van der Waals surface area contributed by atoms with E-state index in [1.54, 1.807) is 14.0 Å². The Morgan fingerprint density at radius 2 is 2.06 bits per heavy atom. The van der Waals surface area contributed by atoms with E-state index in [1.807, 2.05) is 0 Å². The highest BCUT2D eigenvalue weighted by Crippen LogP contribution is 2.26. The van der Waals surface area contributed by atoms with Crippen molar-refractivity contribution in [2.45, 2.75) is 19.1 Å². The van der Waals surface area contributed by atoms with Gasteiger partial charge in [0.15, 0.2) is 0 Å². The molecule has 0 spiro atoms. The Balaban J connectivity index is 2.99. The lowest BCUT2D eigenvalue weighted by molar-refractivity contribution is 0.0181. The predicted molar refractivity (Wildman–Crippen MR) is 61.0 cm³/mol. The lowest BCUT2D eigenvalue weighted by Crippen LogP contribution is -2.30. The van der Waals surface area contributed by atoms with Crippen LogP contribution in [0.15, 0.2) is 12.1 Å². The first-order valence-corrected chi connectivity index (χ1v) is 5.31. The van der Waals surface area contributed by atoms with Gasteiger partial charge in [-0.1, -0.05) is 11.6 Å². The molecule has 0 bridgehead atoms. The zero-order valence-electron chi connectivity index (χ0n) is 9.17. The van der Waals surface area contributed by atoms with Crippen LogP contribution in [0, 0.1) is 12.7 Å². The summed E-state index contributed by atoms with van der Waals surface area (Å²) in [5, 5.41) is 22.3. The molecule has 0 amide bonds. The molecule has 0 saturated carbocycles. The van der Waals surface area contributed by atoms with E-state index in [2.05, 4.69) is 5.32 Å². The van der Waals surface area contributed by atoms with Gasteiger partial charge in [-0.25, -0.2) is 4.39 Å². The molecule has 0 saturated heterocycles. The molecular weight excluding hydrogens is 233 g/mol. The van der Waals surface area contributed by atoms with Crippen LogP contribution in [0.4, 0.5) is 4.39 Å². The topological polar surface area (TPSA) is 52.5 Å².